The molecule has 6 heteroatoms. The van der Waals surface area contributed by atoms with E-state index in [0.29, 0.717) is 12.8 Å². The number of hydrogen-bond acceptors (Lipinski definition) is 2. The molecule has 0 saturated heterocycles. The molecule has 0 aromatic heterocycles. The zero-order chi connectivity index (χ0) is 12.1. The van der Waals surface area contributed by atoms with Crippen molar-refractivity contribution in [2.75, 3.05) is 13.1 Å². The molecule has 0 heterocycles. The van der Waals surface area contributed by atoms with Crippen LogP contribution >= 0.6 is 0 Å². The third-order valence-electron chi connectivity index (χ3n) is 1.85. The lowest BCUT2D eigenvalue weighted by molar-refractivity contribution is -0.125. The first-order valence-electron chi connectivity index (χ1n) is 4.81. The van der Waals surface area contributed by atoms with Crippen molar-refractivity contribution in [2.45, 2.75) is 44.6 Å². The van der Waals surface area contributed by atoms with Crippen molar-refractivity contribution in [3.8, 4) is 0 Å². The molecule has 0 atom stereocenters. The van der Waals surface area contributed by atoms with Gasteiger partial charge in [-0.15, -0.1) is 0 Å². The van der Waals surface area contributed by atoms with Gasteiger partial charge in [-0.3, -0.25) is 0 Å². The molecule has 2 nitrogen and oxygen atoms in total. The van der Waals surface area contributed by atoms with Gasteiger partial charge in [0.15, 0.2) is 0 Å². The summed E-state index contributed by atoms with van der Waals surface area (Å²) in [6.07, 6.45) is -2.38. The van der Waals surface area contributed by atoms with Crippen molar-refractivity contribution in [1.82, 2.24) is 5.32 Å². The Bertz CT molecular complexity index is 177. The third-order valence-corrected chi connectivity index (χ3v) is 1.85. The van der Waals surface area contributed by atoms with E-state index in [9.17, 15) is 17.6 Å². The molecule has 15 heavy (non-hydrogen) atoms. The molecule has 0 aliphatic heterocycles. The monoisotopic (exact) mass is 230 g/mol. The molecule has 0 unspecified atom stereocenters. The molecule has 0 bridgehead atoms. The quantitative estimate of drug-likeness (QED) is 0.518. The van der Waals surface area contributed by atoms with Crippen LogP contribution in [-0.4, -0.2) is 31.0 Å². The van der Waals surface area contributed by atoms with Gasteiger partial charge in [-0.25, -0.2) is 8.78 Å². The number of halogens is 4. The second kappa shape index (κ2) is 5.65. The van der Waals surface area contributed by atoms with Crippen LogP contribution in [-0.2, 0) is 0 Å². The first-order chi connectivity index (χ1) is 6.65. The Balaban J connectivity index is 3.55. The molecule has 0 amide bonds. The van der Waals surface area contributed by atoms with Gasteiger partial charge >= 0.3 is 12.3 Å². The Hall–Kier alpha value is -0.360. The van der Waals surface area contributed by atoms with Crippen LogP contribution in [0.2, 0.25) is 0 Å². The number of rotatable bonds is 7. The van der Waals surface area contributed by atoms with Gasteiger partial charge in [0.05, 0.1) is 6.54 Å². The van der Waals surface area contributed by atoms with Crippen LogP contribution in [0.5, 0.6) is 0 Å². The zero-order valence-electron chi connectivity index (χ0n) is 8.99. The third kappa shape index (κ3) is 7.56. The van der Waals surface area contributed by atoms with Crippen LogP contribution in [0.4, 0.5) is 17.6 Å². The van der Waals surface area contributed by atoms with E-state index in [1.54, 1.807) is 0 Å². The highest BCUT2D eigenvalue weighted by atomic mass is 19.3. The molecule has 0 radical (unpaired) electrons. The van der Waals surface area contributed by atoms with Gasteiger partial charge in [-0.05, 0) is 33.2 Å². The van der Waals surface area contributed by atoms with E-state index >= 15 is 0 Å². The van der Waals surface area contributed by atoms with E-state index in [0.717, 1.165) is 0 Å². The minimum atomic E-state index is -3.95. The first kappa shape index (κ1) is 14.6. The number of nitrogens with two attached hydrogens (primary N) is 1. The molecule has 0 saturated carbocycles. The van der Waals surface area contributed by atoms with Crippen molar-refractivity contribution in [3.63, 3.8) is 0 Å². The van der Waals surface area contributed by atoms with Crippen molar-refractivity contribution < 1.29 is 17.6 Å². The van der Waals surface area contributed by atoms with Crippen LogP contribution in [0.3, 0.4) is 0 Å². The lowest BCUT2D eigenvalue weighted by Crippen LogP contribution is -2.40. The van der Waals surface area contributed by atoms with E-state index in [1.165, 1.54) is 0 Å². The molecule has 0 fully saturated rings. The maximum Gasteiger partial charge on any atom is 0.319 e. The summed E-state index contributed by atoms with van der Waals surface area (Å²) in [6.45, 7) is 2.92. The first-order valence-corrected chi connectivity index (χ1v) is 4.81. The van der Waals surface area contributed by atoms with Crippen LogP contribution in [0, 0.1) is 0 Å². The average molecular weight is 230 g/mol. The summed E-state index contributed by atoms with van der Waals surface area (Å²) in [5, 5.41) is 2.29. The summed E-state index contributed by atoms with van der Waals surface area (Å²) in [4.78, 5) is 0. The molecule has 3 N–H and O–H groups in total. The van der Waals surface area contributed by atoms with Crippen LogP contribution in [0.15, 0.2) is 0 Å². The number of nitrogens with one attached hydrogen (secondary N) is 1. The van der Waals surface area contributed by atoms with Crippen LogP contribution in [0.25, 0.3) is 0 Å². The van der Waals surface area contributed by atoms with E-state index in [-0.39, 0.29) is 12.1 Å². The number of alkyl halides is 4. The Morgan fingerprint density at radius 2 is 1.80 bits per heavy atom. The summed E-state index contributed by atoms with van der Waals surface area (Å²) in [5.74, 6) is -3.95. The average Bonchev–Trinajstić information content (AvgIpc) is 2.00. The SMILES string of the molecule is CC(C)(N)CCCNCC(F)(F)C(F)F. The second-order valence-electron chi connectivity index (χ2n) is 4.33. The van der Waals surface area contributed by atoms with Crippen molar-refractivity contribution in [2.24, 2.45) is 5.73 Å². The van der Waals surface area contributed by atoms with Gasteiger partial charge in [0.1, 0.15) is 0 Å². The van der Waals surface area contributed by atoms with Crippen molar-refractivity contribution >= 4 is 0 Å². The van der Waals surface area contributed by atoms with Gasteiger partial charge in [0.25, 0.3) is 0 Å². The molecule has 92 valence electrons. The molecule has 0 aromatic carbocycles. The zero-order valence-corrected chi connectivity index (χ0v) is 8.99. The summed E-state index contributed by atoms with van der Waals surface area (Å²) in [5.41, 5.74) is 5.30. The summed E-state index contributed by atoms with van der Waals surface area (Å²) in [6, 6.07) is 0. The van der Waals surface area contributed by atoms with Gasteiger partial charge in [-0.2, -0.15) is 8.78 Å². The van der Waals surface area contributed by atoms with Crippen molar-refractivity contribution in [3.05, 3.63) is 0 Å². The molecule has 0 aliphatic rings. The minimum Gasteiger partial charge on any atom is -0.326 e. The largest absolute Gasteiger partial charge is 0.326 e. The van der Waals surface area contributed by atoms with E-state index in [2.05, 4.69) is 5.32 Å². The number of hydrogen-bond donors (Lipinski definition) is 2. The fourth-order valence-corrected chi connectivity index (χ4v) is 1.00. The molecule has 0 aromatic rings. The Labute approximate surface area is 87.2 Å². The Morgan fingerprint density at radius 1 is 1.27 bits per heavy atom. The maximum atomic E-state index is 12.4. The van der Waals surface area contributed by atoms with Crippen LogP contribution < -0.4 is 11.1 Å². The molecular weight excluding hydrogens is 212 g/mol. The smallest absolute Gasteiger partial charge is 0.319 e. The standard InChI is InChI=1S/C9H18F4N2/c1-8(2,14)4-3-5-15-6-9(12,13)7(10)11/h7,15H,3-6,14H2,1-2H3. The van der Waals surface area contributed by atoms with Gasteiger partial charge in [0.2, 0.25) is 0 Å². The molecule has 0 spiro atoms. The molecular formula is C9H18F4N2. The van der Waals surface area contributed by atoms with E-state index < -0.39 is 18.9 Å². The normalized spacial score (nSPS) is 13.6. The van der Waals surface area contributed by atoms with E-state index in [4.69, 9.17) is 5.73 Å². The van der Waals surface area contributed by atoms with E-state index in [1.807, 2.05) is 13.8 Å². The summed E-state index contributed by atoms with van der Waals surface area (Å²) in [7, 11) is 0. The Morgan fingerprint density at radius 3 is 2.20 bits per heavy atom. The van der Waals surface area contributed by atoms with Gasteiger partial charge in [0, 0.05) is 5.54 Å². The molecule has 0 rings (SSSR count). The maximum absolute atomic E-state index is 12.4. The summed E-state index contributed by atoms with van der Waals surface area (Å²) >= 11 is 0. The predicted molar refractivity (Wildman–Crippen MR) is 51.3 cm³/mol. The lowest BCUT2D eigenvalue weighted by Gasteiger charge is -2.19. The fourth-order valence-electron chi connectivity index (χ4n) is 1.00. The predicted octanol–water partition coefficient (Wildman–Crippen LogP) is 1.99. The summed E-state index contributed by atoms with van der Waals surface area (Å²) < 4.78 is 48.1. The highest BCUT2D eigenvalue weighted by Gasteiger charge is 2.39. The highest BCUT2D eigenvalue weighted by Crippen LogP contribution is 2.21. The topological polar surface area (TPSA) is 38.0 Å². The second-order valence-corrected chi connectivity index (χ2v) is 4.33. The Kier molecular flexibility index (Phi) is 5.51. The van der Waals surface area contributed by atoms with Crippen LogP contribution in [0.1, 0.15) is 26.7 Å². The minimum absolute atomic E-state index is 0.267. The van der Waals surface area contributed by atoms with Crippen molar-refractivity contribution in [1.29, 1.82) is 0 Å². The van der Waals surface area contributed by atoms with Gasteiger partial charge in [-0.1, -0.05) is 0 Å². The highest BCUT2D eigenvalue weighted by molar-refractivity contribution is 4.74. The lowest BCUT2D eigenvalue weighted by atomic mass is 10.0. The fraction of sp³-hybridized carbons (Fsp3) is 1.00. The molecule has 0 aliphatic carbocycles. The van der Waals surface area contributed by atoms with Gasteiger partial charge < -0.3 is 11.1 Å².